The first kappa shape index (κ1) is 14.1. The van der Waals surface area contributed by atoms with Crippen molar-refractivity contribution in [2.45, 2.75) is 36.7 Å². The first-order valence-corrected chi connectivity index (χ1v) is 5.97. The smallest absolute Gasteiger partial charge is 0.308 e. The minimum absolute atomic E-state index is 0.0191. The summed E-state index contributed by atoms with van der Waals surface area (Å²) in [7, 11) is 0. The van der Waals surface area contributed by atoms with Crippen LogP contribution in [0.2, 0.25) is 0 Å². The molecule has 0 aromatic carbocycles. The highest BCUT2D eigenvalue weighted by atomic mass is 32.2. The minimum Gasteiger partial charge on any atom is -0.308 e. The summed E-state index contributed by atoms with van der Waals surface area (Å²) in [6, 6.07) is 1.93. The molecule has 0 saturated carbocycles. The van der Waals surface area contributed by atoms with Gasteiger partial charge in [-0.2, -0.15) is 13.2 Å². The van der Waals surface area contributed by atoms with Crippen LogP contribution in [0.5, 0.6) is 0 Å². The largest absolute Gasteiger partial charge is 0.416 e. The normalized spacial score (nSPS) is 13.5. The van der Waals surface area contributed by atoms with Crippen molar-refractivity contribution in [2.75, 3.05) is 5.43 Å². The molecule has 1 aromatic rings. The van der Waals surface area contributed by atoms with Gasteiger partial charge >= 0.3 is 6.18 Å². The van der Waals surface area contributed by atoms with Gasteiger partial charge in [0.2, 0.25) is 0 Å². The molecule has 1 rings (SSSR count). The fraction of sp³-hybridized carbons (Fsp3) is 0.500. The number of hydrogen-bond donors (Lipinski definition) is 2. The fourth-order valence-electron chi connectivity index (χ4n) is 1.09. The fourth-order valence-corrected chi connectivity index (χ4v) is 2.02. The quantitative estimate of drug-likeness (QED) is 0.498. The van der Waals surface area contributed by atoms with E-state index in [1.54, 1.807) is 0 Å². The van der Waals surface area contributed by atoms with E-state index < -0.39 is 11.7 Å². The molecule has 3 nitrogen and oxygen atoms in total. The van der Waals surface area contributed by atoms with Gasteiger partial charge in [0.1, 0.15) is 5.82 Å². The lowest BCUT2D eigenvalue weighted by Gasteiger charge is -2.12. The molecule has 0 amide bonds. The van der Waals surface area contributed by atoms with Crippen LogP contribution in [0.1, 0.15) is 25.8 Å². The zero-order valence-corrected chi connectivity index (χ0v) is 10.3. The lowest BCUT2D eigenvalue weighted by Crippen LogP contribution is -2.12. The maximum Gasteiger partial charge on any atom is 0.416 e. The third-order valence-electron chi connectivity index (χ3n) is 2.17. The Balaban J connectivity index is 3.05. The average Bonchev–Trinajstić information content (AvgIpc) is 2.27. The van der Waals surface area contributed by atoms with Crippen molar-refractivity contribution in [3.05, 3.63) is 17.7 Å². The summed E-state index contributed by atoms with van der Waals surface area (Å²) < 4.78 is 37.8. The molecule has 0 spiro atoms. The zero-order valence-electron chi connectivity index (χ0n) is 9.51. The molecule has 17 heavy (non-hydrogen) atoms. The van der Waals surface area contributed by atoms with Gasteiger partial charge < -0.3 is 5.43 Å². The molecule has 3 N–H and O–H groups in total. The number of nitrogens with zero attached hydrogens (tertiary/aromatic N) is 1. The van der Waals surface area contributed by atoms with E-state index in [1.807, 2.05) is 13.8 Å². The van der Waals surface area contributed by atoms with E-state index in [9.17, 15) is 13.2 Å². The monoisotopic (exact) mass is 265 g/mol. The summed E-state index contributed by atoms with van der Waals surface area (Å²) in [6.07, 6.45) is -3.53. The van der Waals surface area contributed by atoms with Crippen LogP contribution in [0.25, 0.3) is 0 Å². The average molecular weight is 265 g/mol. The number of hydrazine groups is 1. The second-order valence-corrected chi connectivity index (χ2v) is 5.02. The van der Waals surface area contributed by atoms with Crippen LogP contribution >= 0.6 is 11.8 Å². The molecule has 0 bridgehead atoms. The predicted octanol–water partition coefficient (Wildman–Crippen LogP) is 3.28. The summed E-state index contributed by atoms with van der Waals surface area (Å²) in [6.45, 7) is 3.90. The highest BCUT2D eigenvalue weighted by Crippen LogP contribution is 2.34. The molecule has 1 heterocycles. The molecule has 0 aliphatic carbocycles. The van der Waals surface area contributed by atoms with Crippen molar-refractivity contribution in [3.63, 3.8) is 0 Å². The van der Waals surface area contributed by atoms with Crippen LogP contribution in [0.15, 0.2) is 17.2 Å². The predicted molar refractivity (Wildman–Crippen MR) is 62.7 cm³/mol. The Hall–Kier alpha value is -0.950. The number of pyridine rings is 1. The minimum atomic E-state index is -4.39. The van der Waals surface area contributed by atoms with Gasteiger partial charge in [-0.3, -0.25) is 0 Å². The summed E-state index contributed by atoms with van der Waals surface area (Å²) in [4.78, 5) is 3.98. The number of nitrogen functional groups attached to an aromatic ring is 1. The molecule has 0 radical (unpaired) electrons. The third-order valence-corrected chi connectivity index (χ3v) is 3.36. The lowest BCUT2D eigenvalue weighted by atomic mass is 10.2. The standard InChI is InChI=1S/C10H14F3N3S/c1-3-6(2)17-9-5-7(10(11,12)13)4-8(15-9)16-14/h4-6H,3,14H2,1-2H3,(H,15,16). The molecule has 0 aliphatic rings. The Labute approximate surface area is 102 Å². The molecule has 0 fully saturated rings. The molecule has 96 valence electrons. The SMILES string of the molecule is CCC(C)Sc1cc(C(F)(F)F)cc(NN)n1. The van der Waals surface area contributed by atoms with Crippen LogP contribution in [0.3, 0.4) is 0 Å². The van der Waals surface area contributed by atoms with Crippen LogP contribution in [-0.4, -0.2) is 10.2 Å². The van der Waals surface area contributed by atoms with Gasteiger partial charge in [-0.25, -0.2) is 10.8 Å². The van der Waals surface area contributed by atoms with Crippen molar-refractivity contribution in [1.29, 1.82) is 0 Å². The maximum atomic E-state index is 12.6. The first-order chi connectivity index (χ1) is 7.86. The van der Waals surface area contributed by atoms with Gasteiger partial charge in [0.15, 0.2) is 0 Å². The Kier molecular flexibility index (Phi) is 4.64. The molecular formula is C10H14F3N3S. The lowest BCUT2D eigenvalue weighted by molar-refractivity contribution is -0.137. The summed E-state index contributed by atoms with van der Waals surface area (Å²) in [5, 5.41) is 0.527. The molecule has 7 heteroatoms. The second kappa shape index (κ2) is 5.59. The maximum absolute atomic E-state index is 12.6. The van der Waals surface area contributed by atoms with E-state index >= 15 is 0 Å². The number of halogens is 3. The van der Waals surface area contributed by atoms with Gasteiger partial charge in [0.05, 0.1) is 10.6 Å². The molecule has 1 atom stereocenters. The zero-order chi connectivity index (χ0) is 13.1. The van der Waals surface area contributed by atoms with E-state index in [-0.39, 0.29) is 11.1 Å². The van der Waals surface area contributed by atoms with Crippen molar-refractivity contribution in [1.82, 2.24) is 4.98 Å². The van der Waals surface area contributed by atoms with Crippen molar-refractivity contribution >= 4 is 17.6 Å². The number of anilines is 1. The Bertz CT molecular complexity index is 382. The second-order valence-electron chi connectivity index (χ2n) is 3.56. The molecule has 0 saturated heterocycles. The van der Waals surface area contributed by atoms with Gasteiger partial charge in [0.25, 0.3) is 0 Å². The Morgan fingerprint density at radius 2 is 2.12 bits per heavy atom. The van der Waals surface area contributed by atoms with Crippen molar-refractivity contribution < 1.29 is 13.2 Å². The molecule has 1 unspecified atom stereocenters. The number of hydrogen-bond acceptors (Lipinski definition) is 4. The van der Waals surface area contributed by atoms with Crippen molar-refractivity contribution in [2.24, 2.45) is 5.84 Å². The molecule has 0 aliphatic heterocycles. The van der Waals surface area contributed by atoms with Crippen LogP contribution in [0.4, 0.5) is 19.0 Å². The highest BCUT2D eigenvalue weighted by molar-refractivity contribution is 7.99. The number of nitrogens with one attached hydrogen (secondary N) is 1. The van der Waals surface area contributed by atoms with Crippen LogP contribution in [0, 0.1) is 0 Å². The molecule has 1 aromatic heterocycles. The van der Waals surface area contributed by atoms with Crippen molar-refractivity contribution in [3.8, 4) is 0 Å². The van der Waals surface area contributed by atoms with Gasteiger partial charge in [-0.15, -0.1) is 11.8 Å². The van der Waals surface area contributed by atoms with Gasteiger partial charge in [-0.05, 0) is 18.6 Å². The van der Waals surface area contributed by atoms with E-state index in [2.05, 4.69) is 10.4 Å². The number of thioether (sulfide) groups is 1. The highest BCUT2D eigenvalue weighted by Gasteiger charge is 2.31. The number of alkyl halides is 3. The van der Waals surface area contributed by atoms with E-state index in [0.717, 1.165) is 18.6 Å². The van der Waals surface area contributed by atoms with Gasteiger partial charge in [0, 0.05) is 5.25 Å². The number of nitrogens with two attached hydrogens (primary N) is 1. The number of aromatic nitrogens is 1. The topological polar surface area (TPSA) is 50.9 Å². The van der Waals surface area contributed by atoms with Gasteiger partial charge in [-0.1, -0.05) is 13.8 Å². The summed E-state index contributed by atoms with van der Waals surface area (Å²) in [5.41, 5.74) is 1.40. The Morgan fingerprint density at radius 1 is 1.47 bits per heavy atom. The van der Waals surface area contributed by atoms with E-state index in [1.165, 1.54) is 11.8 Å². The Morgan fingerprint density at radius 3 is 2.59 bits per heavy atom. The van der Waals surface area contributed by atoms with Crippen LogP contribution < -0.4 is 11.3 Å². The third kappa shape index (κ3) is 4.08. The molecular weight excluding hydrogens is 251 g/mol. The van der Waals surface area contributed by atoms with E-state index in [4.69, 9.17) is 5.84 Å². The van der Waals surface area contributed by atoms with Crippen LogP contribution in [-0.2, 0) is 6.18 Å². The summed E-state index contributed by atoms with van der Waals surface area (Å²) >= 11 is 1.30. The van der Waals surface area contributed by atoms with E-state index in [0.29, 0.717) is 5.03 Å². The summed E-state index contributed by atoms with van der Waals surface area (Å²) in [5.74, 6) is 5.12. The number of rotatable bonds is 4. The first-order valence-electron chi connectivity index (χ1n) is 5.09.